The summed E-state index contributed by atoms with van der Waals surface area (Å²) in [6.07, 6.45) is 3.46. The molecule has 2 aromatic carbocycles. The number of anilines is 2. The van der Waals surface area contributed by atoms with Crippen LogP contribution in [0.1, 0.15) is 43.5 Å². The Hall–Kier alpha value is -2.09. The van der Waals surface area contributed by atoms with Gasteiger partial charge in [-0.25, -0.2) is 13.1 Å². The molecule has 0 bridgehead atoms. The van der Waals surface area contributed by atoms with E-state index in [9.17, 15) is 13.2 Å². The lowest BCUT2D eigenvalue weighted by Gasteiger charge is -2.30. The number of halogens is 1. The zero-order chi connectivity index (χ0) is 21.0. The van der Waals surface area contributed by atoms with Crippen LogP contribution in [0.5, 0.6) is 0 Å². The molecule has 0 unspecified atom stereocenters. The molecule has 0 atom stereocenters. The minimum Gasteiger partial charge on any atom is -0.370 e. The molecule has 1 heterocycles. The zero-order valence-electron chi connectivity index (χ0n) is 16.6. The molecule has 3 rings (SSSR count). The second kappa shape index (κ2) is 9.15. The van der Waals surface area contributed by atoms with Gasteiger partial charge >= 0.3 is 0 Å². The fraction of sp³-hybridized carbons (Fsp3) is 0.381. The highest BCUT2D eigenvalue weighted by Gasteiger charge is 2.21. The third kappa shape index (κ3) is 5.29. The molecule has 1 aliphatic heterocycles. The zero-order valence-corrected chi connectivity index (χ0v) is 18.2. The Bertz CT molecular complexity index is 986. The number of piperidine rings is 1. The molecule has 8 heteroatoms. The van der Waals surface area contributed by atoms with Crippen LogP contribution in [0.3, 0.4) is 0 Å². The molecular weight excluding hydrogens is 410 g/mol. The molecule has 0 aliphatic carbocycles. The Kier molecular flexibility index (Phi) is 6.82. The summed E-state index contributed by atoms with van der Waals surface area (Å²) in [5, 5.41) is 3.10. The first-order chi connectivity index (χ1) is 13.8. The highest BCUT2D eigenvalue weighted by molar-refractivity contribution is 7.89. The number of para-hydroxylation sites is 2. The van der Waals surface area contributed by atoms with E-state index in [1.807, 2.05) is 24.3 Å². The third-order valence-electron chi connectivity index (χ3n) is 4.73. The lowest BCUT2D eigenvalue weighted by Crippen LogP contribution is -2.31. The number of hydrogen-bond donors (Lipinski definition) is 2. The quantitative estimate of drug-likeness (QED) is 0.710. The van der Waals surface area contributed by atoms with Gasteiger partial charge in [0.25, 0.3) is 5.91 Å². The highest BCUT2D eigenvalue weighted by atomic mass is 35.5. The molecule has 156 valence electrons. The Balaban J connectivity index is 1.88. The molecule has 2 N–H and O–H groups in total. The second-order valence-electron chi connectivity index (χ2n) is 7.44. The van der Waals surface area contributed by atoms with Gasteiger partial charge in [0.2, 0.25) is 10.0 Å². The Morgan fingerprint density at radius 1 is 1.07 bits per heavy atom. The van der Waals surface area contributed by atoms with Crippen molar-refractivity contribution in [1.29, 1.82) is 0 Å². The summed E-state index contributed by atoms with van der Waals surface area (Å²) in [6.45, 7) is 5.36. The predicted octanol–water partition coefficient (Wildman–Crippen LogP) is 4.27. The number of amides is 1. The molecule has 1 fully saturated rings. The molecule has 0 spiro atoms. The average molecular weight is 436 g/mol. The monoisotopic (exact) mass is 435 g/mol. The van der Waals surface area contributed by atoms with Gasteiger partial charge in [0.15, 0.2) is 0 Å². The van der Waals surface area contributed by atoms with Crippen LogP contribution in [0.25, 0.3) is 0 Å². The van der Waals surface area contributed by atoms with Crippen LogP contribution in [-0.2, 0) is 10.0 Å². The topological polar surface area (TPSA) is 78.5 Å². The van der Waals surface area contributed by atoms with Gasteiger partial charge in [0.05, 0.1) is 26.9 Å². The molecule has 1 aliphatic rings. The number of rotatable bonds is 6. The van der Waals surface area contributed by atoms with Gasteiger partial charge in [0.1, 0.15) is 0 Å². The van der Waals surface area contributed by atoms with Crippen LogP contribution in [-0.4, -0.2) is 33.5 Å². The minimum absolute atomic E-state index is 0.00469. The number of nitrogens with zero attached hydrogens (tertiary/aromatic N) is 1. The molecule has 0 radical (unpaired) electrons. The SMILES string of the molecule is CC(C)NS(=O)(=O)c1ccc(Cl)c(C(=O)Nc2ccccc2N2CCCCC2)c1. The largest absolute Gasteiger partial charge is 0.370 e. The second-order valence-corrected chi connectivity index (χ2v) is 9.56. The summed E-state index contributed by atoms with van der Waals surface area (Å²) in [5.74, 6) is -0.443. The van der Waals surface area contributed by atoms with Crippen LogP contribution in [0.2, 0.25) is 5.02 Å². The number of hydrogen-bond acceptors (Lipinski definition) is 4. The molecular formula is C21H26ClN3O3S. The van der Waals surface area contributed by atoms with Crippen LogP contribution in [0, 0.1) is 0 Å². The Labute approximate surface area is 177 Å². The summed E-state index contributed by atoms with van der Waals surface area (Å²) >= 11 is 6.22. The van der Waals surface area contributed by atoms with E-state index in [2.05, 4.69) is 14.9 Å². The van der Waals surface area contributed by atoms with Gasteiger partial charge in [-0.3, -0.25) is 4.79 Å². The predicted molar refractivity (Wildman–Crippen MR) is 117 cm³/mol. The maximum absolute atomic E-state index is 12.9. The maximum Gasteiger partial charge on any atom is 0.257 e. The molecule has 2 aromatic rings. The summed E-state index contributed by atoms with van der Waals surface area (Å²) in [5.41, 5.74) is 1.76. The fourth-order valence-corrected chi connectivity index (χ4v) is 4.88. The third-order valence-corrected chi connectivity index (χ3v) is 6.72. The standard InChI is InChI=1S/C21H26ClN3O3S/c1-15(2)24-29(27,28)16-10-11-18(22)17(14-16)21(26)23-19-8-4-5-9-20(19)25-12-6-3-7-13-25/h4-5,8-11,14-15,24H,3,6-7,12-13H2,1-2H3,(H,23,26). The van der Waals surface area contributed by atoms with Crippen molar-refractivity contribution in [3.8, 4) is 0 Å². The van der Waals surface area contributed by atoms with Crippen molar-refractivity contribution in [3.63, 3.8) is 0 Å². The van der Waals surface area contributed by atoms with Crippen molar-refractivity contribution in [2.75, 3.05) is 23.3 Å². The van der Waals surface area contributed by atoms with Crippen molar-refractivity contribution in [2.45, 2.75) is 44.0 Å². The molecule has 29 heavy (non-hydrogen) atoms. The van der Waals surface area contributed by atoms with Crippen molar-refractivity contribution in [3.05, 3.63) is 53.1 Å². The van der Waals surface area contributed by atoms with E-state index in [0.717, 1.165) is 31.6 Å². The van der Waals surface area contributed by atoms with Crippen molar-refractivity contribution in [2.24, 2.45) is 0 Å². The van der Waals surface area contributed by atoms with E-state index in [4.69, 9.17) is 11.6 Å². The number of carbonyl (C=O) groups is 1. The van der Waals surface area contributed by atoms with Crippen LogP contribution >= 0.6 is 11.6 Å². The minimum atomic E-state index is -3.73. The average Bonchev–Trinajstić information content (AvgIpc) is 2.68. The first-order valence-corrected chi connectivity index (χ1v) is 11.6. The van der Waals surface area contributed by atoms with Gasteiger partial charge in [-0.2, -0.15) is 0 Å². The van der Waals surface area contributed by atoms with Gasteiger partial charge in [-0.1, -0.05) is 23.7 Å². The smallest absolute Gasteiger partial charge is 0.257 e. The van der Waals surface area contributed by atoms with E-state index in [0.29, 0.717) is 5.69 Å². The van der Waals surface area contributed by atoms with Crippen LogP contribution in [0.4, 0.5) is 11.4 Å². The normalized spacial score (nSPS) is 14.8. The molecule has 1 amide bonds. The maximum atomic E-state index is 12.9. The van der Waals surface area contributed by atoms with Gasteiger partial charge < -0.3 is 10.2 Å². The van der Waals surface area contributed by atoms with E-state index in [1.54, 1.807) is 13.8 Å². The number of sulfonamides is 1. The van der Waals surface area contributed by atoms with Crippen LogP contribution in [0.15, 0.2) is 47.4 Å². The Morgan fingerprint density at radius 2 is 1.76 bits per heavy atom. The number of benzene rings is 2. The summed E-state index contributed by atoms with van der Waals surface area (Å²) in [4.78, 5) is 15.2. The number of carbonyl (C=O) groups excluding carboxylic acids is 1. The first kappa shape index (κ1) is 21.6. The molecule has 1 saturated heterocycles. The van der Waals surface area contributed by atoms with Crippen LogP contribution < -0.4 is 14.9 Å². The molecule has 0 aromatic heterocycles. The van der Waals surface area contributed by atoms with Gasteiger partial charge in [-0.15, -0.1) is 0 Å². The van der Waals surface area contributed by atoms with Crippen molar-refractivity contribution >= 4 is 38.9 Å². The van der Waals surface area contributed by atoms with E-state index in [-0.39, 0.29) is 21.5 Å². The number of nitrogens with one attached hydrogen (secondary N) is 2. The van der Waals surface area contributed by atoms with Gasteiger partial charge in [0, 0.05) is 19.1 Å². The molecule has 6 nitrogen and oxygen atoms in total. The highest BCUT2D eigenvalue weighted by Crippen LogP contribution is 2.29. The first-order valence-electron chi connectivity index (χ1n) is 9.75. The molecule has 0 saturated carbocycles. The lowest BCUT2D eigenvalue weighted by atomic mass is 10.1. The summed E-state index contributed by atoms with van der Waals surface area (Å²) < 4.78 is 27.4. The van der Waals surface area contributed by atoms with E-state index in [1.165, 1.54) is 24.6 Å². The fourth-order valence-electron chi connectivity index (χ4n) is 3.40. The van der Waals surface area contributed by atoms with E-state index >= 15 is 0 Å². The summed E-state index contributed by atoms with van der Waals surface area (Å²) in [6, 6.07) is 11.5. The Morgan fingerprint density at radius 3 is 2.45 bits per heavy atom. The summed E-state index contributed by atoms with van der Waals surface area (Å²) in [7, 11) is -3.73. The van der Waals surface area contributed by atoms with Crippen molar-refractivity contribution < 1.29 is 13.2 Å². The van der Waals surface area contributed by atoms with Gasteiger partial charge in [-0.05, 0) is 63.4 Å². The lowest BCUT2D eigenvalue weighted by molar-refractivity contribution is 0.102. The van der Waals surface area contributed by atoms with Crippen molar-refractivity contribution in [1.82, 2.24) is 4.72 Å². The van der Waals surface area contributed by atoms with E-state index < -0.39 is 15.9 Å².